The quantitative estimate of drug-likeness (QED) is 0.822. The Labute approximate surface area is 165 Å². The number of aryl methyl sites for hydroxylation is 1. The molecule has 0 spiro atoms. The highest BCUT2D eigenvalue weighted by molar-refractivity contribution is 7.89. The predicted molar refractivity (Wildman–Crippen MR) is 108 cm³/mol. The number of rotatable bonds is 4. The van der Waals surface area contributed by atoms with Crippen molar-refractivity contribution in [2.75, 3.05) is 25.5 Å². The zero-order valence-electron chi connectivity index (χ0n) is 16.2. The van der Waals surface area contributed by atoms with Gasteiger partial charge in [0.1, 0.15) is 6.10 Å². The molecule has 1 fully saturated rings. The summed E-state index contributed by atoms with van der Waals surface area (Å²) < 4.78 is 32.4. The molecule has 0 aromatic heterocycles. The SMILES string of the molecule is CNS(=O)(=O)c1ccc(C)c(NC(=O)N2C[C@H](C)O[C@@H](c3ccccc3)C2)c1. The van der Waals surface area contributed by atoms with Gasteiger partial charge in [0, 0.05) is 12.2 Å². The lowest BCUT2D eigenvalue weighted by atomic mass is 10.1. The monoisotopic (exact) mass is 403 g/mol. The van der Waals surface area contributed by atoms with E-state index >= 15 is 0 Å². The molecule has 2 aromatic carbocycles. The van der Waals surface area contributed by atoms with Crippen molar-refractivity contribution in [3.05, 3.63) is 59.7 Å². The van der Waals surface area contributed by atoms with Crippen molar-refractivity contribution in [2.24, 2.45) is 0 Å². The van der Waals surface area contributed by atoms with Gasteiger partial charge in [0.15, 0.2) is 0 Å². The number of anilines is 1. The van der Waals surface area contributed by atoms with Crippen molar-refractivity contribution in [3.63, 3.8) is 0 Å². The molecule has 8 heteroatoms. The molecule has 28 heavy (non-hydrogen) atoms. The molecule has 2 atom stereocenters. The van der Waals surface area contributed by atoms with E-state index in [1.807, 2.05) is 44.2 Å². The summed E-state index contributed by atoms with van der Waals surface area (Å²) in [6.07, 6.45) is -0.311. The number of nitrogens with one attached hydrogen (secondary N) is 2. The average molecular weight is 404 g/mol. The molecule has 0 bridgehead atoms. The van der Waals surface area contributed by atoms with Crippen LogP contribution in [0.1, 0.15) is 24.2 Å². The molecule has 0 unspecified atom stereocenters. The van der Waals surface area contributed by atoms with E-state index in [9.17, 15) is 13.2 Å². The van der Waals surface area contributed by atoms with Crippen molar-refractivity contribution >= 4 is 21.7 Å². The van der Waals surface area contributed by atoms with Gasteiger partial charge in [0.2, 0.25) is 10.0 Å². The fourth-order valence-electron chi connectivity index (χ4n) is 3.18. The number of sulfonamides is 1. The minimum Gasteiger partial charge on any atom is -0.367 e. The van der Waals surface area contributed by atoms with E-state index in [1.54, 1.807) is 11.0 Å². The molecule has 3 rings (SSSR count). The van der Waals surface area contributed by atoms with Crippen molar-refractivity contribution < 1.29 is 17.9 Å². The standard InChI is InChI=1S/C20H25N3O4S/c1-14-9-10-17(28(25,26)21-3)11-18(14)22-20(24)23-12-15(2)27-19(13-23)16-7-5-4-6-8-16/h4-11,15,19,21H,12-13H2,1-3H3,(H,22,24)/t15-,19+/m0/s1. The minimum atomic E-state index is -3.59. The van der Waals surface area contributed by atoms with Crippen LogP contribution in [0.15, 0.2) is 53.4 Å². The van der Waals surface area contributed by atoms with Crippen LogP contribution in [-0.2, 0) is 14.8 Å². The molecule has 1 aliphatic rings. The molecule has 1 heterocycles. The lowest BCUT2D eigenvalue weighted by Gasteiger charge is -2.37. The summed E-state index contributed by atoms with van der Waals surface area (Å²) in [5.74, 6) is 0. The number of morpholine rings is 1. The summed E-state index contributed by atoms with van der Waals surface area (Å²) in [4.78, 5) is 14.7. The second kappa shape index (κ2) is 8.30. The smallest absolute Gasteiger partial charge is 0.322 e. The van der Waals surface area contributed by atoms with E-state index in [1.165, 1.54) is 19.2 Å². The minimum absolute atomic E-state index is 0.105. The van der Waals surface area contributed by atoms with Crippen molar-refractivity contribution in [1.82, 2.24) is 9.62 Å². The van der Waals surface area contributed by atoms with Gasteiger partial charge in [-0.15, -0.1) is 0 Å². The van der Waals surface area contributed by atoms with Crippen LogP contribution < -0.4 is 10.0 Å². The Morgan fingerprint density at radius 2 is 1.86 bits per heavy atom. The third kappa shape index (κ3) is 4.52. The molecule has 2 aromatic rings. The average Bonchev–Trinajstić information content (AvgIpc) is 2.69. The maximum Gasteiger partial charge on any atom is 0.322 e. The molecule has 1 saturated heterocycles. The summed E-state index contributed by atoms with van der Waals surface area (Å²) >= 11 is 0. The third-order valence-electron chi connectivity index (χ3n) is 4.75. The molecule has 1 aliphatic heterocycles. The van der Waals surface area contributed by atoms with Gasteiger partial charge < -0.3 is 15.0 Å². The van der Waals surface area contributed by atoms with E-state index in [0.29, 0.717) is 18.8 Å². The van der Waals surface area contributed by atoms with Crippen LogP contribution in [-0.4, -0.2) is 45.6 Å². The maximum absolute atomic E-state index is 12.9. The first kappa shape index (κ1) is 20.3. The molecule has 2 amide bonds. The van der Waals surface area contributed by atoms with Gasteiger partial charge >= 0.3 is 6.03 Å². The summed E-state index contributed by atoms with van der Waals surface area (Å²) in [7, 11) is -2.23. The number of amides is 2. The molecular formula is C20H25N3O4S. The molecule has 0 radical (unpaired) electrons. The normalized spacial score (nSPS) is 20.0. The largest absolute Gasteiger partial charge is 0.367 e. The van der Waals surface area contributed by atoms with Crippen LogP contribution in [0.4, 0.5) is 10.5 Å². The second-order valence-corrected chi connectivity index (χ2v) is 8.75. The number of carbonyl (C=O) groups is 1. The van der Waals surface area contributed by atoms with Crippen LogP contribution in [0.5, 0.6) is 0 Å². The fraction of sp³-hybridized carbons (Fsp3) is 0.350. The Hall–Kier alpha value is -2.42. The van der Waals surface area contributed by atoms with Gasteiger partial charge in [0.25, 0.3) is 0 Å². The fourth-order valence-corrected chi connectivity index (χ4v) is 3.94. The Kier molecular flexibility index (Phi) is 6.02. The van der Waals surface area contributed by atoms with Gasteiger partial charge in [-0.2, -0.15) is 0 Å². The van der Waals surface area contributed by atoms with Gasteiger partial charge in [-0.3, -0.25) is 0 Å². The predicted octanol–water partition coefficient (Wildman–Crippen LogP) is 2.90. The first-order valence-corrected chi connectivity index (χ1v) is 10.6. The van der Waals surface area contributed by atoms with Crippen LogP contribution in [0.3, 0.4) is 0 Å². The van der Waals surface area contributed by atoms with Crippen molar-refractivity contribution in [3.8, 4) is 0 Å². The van der Waals surface area contributed by atoms with Crippen LogP contribution in [0, 0.1) is 6.92 Å². The lowest BCUT2D eigenvalue weighted by Crippen LogP contribution is -2.47. The Morgan fingerprint density at radius 1 is 1.14 bits per heavy atom. The molecule has 7 nitrogen and oxygen atoms in total. The van der Waals surface area contributed by atoms with Gasteiger partial charge in [-0.25, -0.2) is 17.9 Å². The highest BCUT2D eigenvalue weighted by Crippen LogP contribution is 2.26. The summed E-state index contributed by atoms with van der Waals surface area (Å²) in [5.41, 5.74) is 2.27. The number of nitrogens with zero attached hydrogens (tertiary/aromatic N) is 1. The van der Waals surface area contributed by atoms with Crippen molar-refractivity contribution in [1.29, 1.82) is 0 Å². The summed E-state index contributed by atoms with van der Waals surface area (Å²) in [6.45, 7) is 4.64. The number of benzene rings is 2. The van der Waals surface area contributed by atoms with Crippen LogP contribution in [0.25, 0.3) is 0 Å². The molecule has 0 aliphatic carbocycles. The third-order valence-corrected chi connectivity index (χ3v) is 6.16. The molecule has 150 valence electrons. The Morgan fingerprint density at radius 3 is 2.54 bits per heavy atom. The van der Waals surface area contributed by atoms with E-state index < -0.39 is 10.0 Å². The second-order valence-electron chi connectivity index (χ2n) is 6.87. The first-order valence-electron chi connectivity index (χ1n) is 9.10. The lowest BCUT2D eigenvalue weighted by molar-refractivity contribution is -0.0642. The number of carbonyl (C=O) groups excluding carboxylic acids is 1. The van der Waals surface area contributed by atoms with Gasteiger partial charge in [-0.1, -0.05) is 36.4 Å². The molecular weight excluding hydrogens is 378 g/mol. The Bertz CT molecular complexity index is 947. The van der Waals surface area contributed by atoms with Crippen LogP contribution in [0.2, 0.25) is 0 Å². The zero-order chi connectivity index (χ0) is 20.3. The van der Waals surface area contributed by atoms with Gasteiger partial charge in [-0.05, 0) is 44.2 Å². The summed E-state index contributed by atoms with van der Waals surface area (Å²) in [6, 6.07) is 14.2. The topological polar surface area (TPSA) is 87.7 Å². The van der Waals surface area contributed by atoms with Crippen LogP contribution >= 0.6 is 0 Å². The van der Waals surface area contributed by atoms with E-state index in [-0.39, 0.29) is 23.1 Å². The molecule has 2 N–H and O–H groups in total. The van der Waals surface area contributed by atoms with Crippen molar-refractivity contribution in [2.45, 2.75) is 31.0 Å². The number of ether oxygens (including phenoxy) is 1. The molecule has 0 saturated carbocycles. The zero-order valence-corrected chi connectivity index (χ0v) is 17.0. The first-order chi connectivity index (χ1) is 13.3. The van der Waals surface area contributed by atoms with E-state index in [2.05, 4.69) is 10.0 Å². The van der Waals surface area contributed by atoms with E-state index in [4.69, 9.17) is 4.74 Å². The highest BCUT2D eigenvalue weighted by Gasteiger charge is 2.29. The van der Waals surface area contributed by atoms with E-state index in [0.717, 1.165) is 11.1 Å². The summed E-state index contributed by atoms with van der Waals surface area (Å²) in [5, 5.41) is 2.85. The number of urea groups is 1. The number of hydrogen-bond donors (Lipinski definition) is 2. The number of hydrogen-bond acceptors (Lipinski definition) is 4. The maximum atomic E-state index is 12.9. The Balaban J connectivity index is 1.78. The van der Waals surface area contributed by atoms with Gasteiger partial charge in [0.05, 0.1) is 17.5 Å². The highest BCUT2D eigenvalue weighted by atomic mass is 32.2.